The van der Waals surface area contributed by atoms with Crippen molar-refractivity contribution < 1.29 is 0 Å². The number of fused-ring (bicyclic) bond motifs is 3. The molecule has 3 aromatic rings. The van der Waals surface area contributed by atoms with Crippen LogP contribution in [0.1, 0.15) is 44.2 Å². The number of rotatable bonds is 3. The summed E-state index contributed by atoms with van der Waals surface area (Å²) in [5.41, 5.74) is 3.63. The van der Waals surface area contributed by atoms with Gasteiger partial charge in [0.25, 0.3) is 0 Å². The second kappa shape index (κ2) is 8.50. The highest BCUT2D eigenvalue weighted by Crippen LogP contribution is 2.26. The molecule has 4 rings (SSSR count). The third-order valence-electron chi connectivity index (χ3n) is 5.53. The third-order valence-corrected chi connectivity index (χ3v) is 5.53. The van der Waals surface area contributed by atoms with Gasteiger partial charge in [-0.1, -0.05) is 36.8 Å². The molecule has 2 aromatic heterocycles. The average Bonchev–Trinajstić information content (AvgIpc) is 3.03. The van der Waals surface area contributed by atoms with Crippen LogP contribution in [0, 0.1) is 0 Å². The van der Waals surface area contributed by atoms with Crippen LogP contribution in [0.3, 0.4) is 0 Å². The lowest BCUT2D eigenvalue weighted by Crippen LogP contribution is -2.28. The Morgan fingerprint density at radius 1 is 0.885 bits per heavy atom. The van der Waals surface area contributed by atoms with Crippen LogP contribution < -0.4 is 0 Å². The van der Waals surface area contributed by atoms with E-state index in [9.17, 15) is 0 Å². The summed E-state index contributed by atoms with van der Waals surface area (Å²) in [5.74, 6) is 0. The van der Waals surface area contributed by atoms with Gasteiger partial charge in [0.1, 0.15) is 0 Å². The van der Waals surface area contributed by atoms with Gasteiger partial charge in [0.05, 0.1) is 11.2 Å². The number of aromatic amines is 1. The second-order valence-electron chi connectivity index (χ2n) is 7.41. The summed E-state index contributed by atoms with van der Waals surface area (Å²) in [7, 11) is 0. The summed E-state index contributed by atoms with van der Waals surface area (Å²) in [6.07, 6.45) is 15.5. The maximum Gasteiger partial charge on any atom is 0.0684 e. The van der Waals surface area contributed by atoms with Gasteiger partial charge >= 0.3 is 0 Å². The van der Waals surface area contributed by atoms with E-state index in [0.29, 0.717) is 0 Å². The normalized spacial score (nSPS) is 17.5. The molecular formula is C23H29N3. The van der Waals surface area contributed by atoms with Gasteiger partial charge in [0.15, 0.2) is 0 Å². The molecular weight excluding hydrogens is 318 g/mol. The fourth-order valence-corrected chi connectivity index (χ4v) is 4.06. The quantitative estimate of drug-likeness (QED) is 0.637. The monoisotopic (exact) mass is 347 g/mol. The Hall–Kier alpha value is -2.13. The zero-order valence-corrected chi connectivity index (χ0v) is 15.6. The number of allylic oxidation sites excluding steroid dienone is 2. The molecule has 0 saturated carbocycles. The molecule has 3 nitrogen and oxygen atoms in total. The van der Waals surface area contributed by atoms with Crippen molar-refractivity contribution in [2.45, 2.75) is 44.9 Å². The molecule has 0 spiro atoms. The molecule has 0 bridgehead atoms. The number of benzene rings is 1. The first-order chi connectivity index (χ1) is 12.9. The van der Waals surface area contributed by atoms with Crippen LogP contribution in [0.25, 0.3) is 21.8 Å². The molecule has 3 heterocycles. The molecule has 1 aliphatic rings. The van der Waals surface area contributed by atoms with E-state index >= 15 is 0 Å². The molecule has 1 N–H and O–H groups in total. The summed E-state index contributed by atoms with van der Waals surface area (Å²) < 4.78 is 0. The minimum atomic E-state index is 1.01. The number of pyridine rings is 1. The number of aromatic nitrogens is 2. The summed E-state index contributed by atoms with van der Waals surface area (Å²) in [4.78, 5) is 10.9. The van der Waals surface area contributed by atoms with Crippen molar-refractivity contribution in [3.63, 3.8) is 0 Å². The van der Waals surface area contributed by atoms with Crippen LogP contribution in [0.5, 0.6) is 0 Å². The molecule has 1 aromatic carbocycles. The van der Waals surface area contributed by atoms with Crippen LogP contribution >= 0.6 is 0 Å². The Labute approximate surface area is 156 Å². The lowest BCUT2D eigenvalue weighted by atomic mass is 10.1. The molecule has 0 saturated heterocycles. The molecule has 0 amide bonds. The van der Waals surface area contributed by atoms with Gasteiger partial charge in [-0.3, -0.25) is 4.98 Å². The molecule has 3 heteroatoms. The van der Waals surface area contributed by atoms with E-state index < -0.39 is 0 Å². The Morgan fingerprint density at radius 2 is 1.73 bits per heavy atom. The topological polar surface area (TPSA) is 31.9 Å². The zero-order chi connectivity index (χ0) is 17.6. The third kappa shape index (κ3) is 3.99. The number of hydrogen-bond donors (Lipinski definition) is 1. The van der Waals surface area contributed by atoms with Crippen molar-refractivity contribution in [1.82, 2.24) is 14.9 Å². The highest BCUT2D eigenvalue weighted by atomic mass is 15.1. The van der Waals surface area contributed by atoms with Crippen LogP contribution in [0.15, 0.2) is 48.7 Å². The number of nitrogens with one attached hydrogen (secondary N) is 1. The predicted octanol–water partition coefficient (Wildman–Crippen LogP) is 5.47. The maximum absolute atomic E-state index is 4.71. The van der Waals surface area contributed by atoms with E-state index in [1.165, 1.54) is 79.1 Å². The lowest BCUT2D eigenvalue weighted by molar-refractivity contribution is 0.268. The summed E-state index contributed by atoms with van der Waals surface area (Å²) >= 11 is 0. The van der Waals surface area contributed by atoms with Crippen molar-refractivity contribution in [3.05, 3.63) is 54.4 Å². The van der Waals surface area contributed by atoms with E-state index in [1.54, 1.807) is 0 Å². The minimum absolute atomic E-state index is 1.01. The fraction of sp³-hybridized carbons (Fsp3) is 0.435. The van der Waals surface area contributed by atoms with Crippen molar-refractivity contribution in [3.8, 4) is 0 Å². The minimum Gasteiger partial charge on any atom is -0.353 e. The lowest BCUT2D eigenvalue weighted by Gasteiger charge is -2.22. The van der Waals surface area contributed by atoms with Crippen LogP contribution in [0.4, 0.5) is 0 Å². The summed E-state index contributed by atoms with van der Waals surface area (Å²) in [5, 5.41) is 2.60. The van der Waals surface area contributed by atoms with Crippen molar-refractivity contribution in [2.24, 2.45) is 0 Å². The Morgan fingerprint density at radius 3 is 2.69 bits per heavy atom. The molecule has 136 valence electrons. The fourth-order valence-electron chi connectivity index (χ4n) is 4.06. The SMILES string of the molecule is C1=CCCCN(CCc2nccc3c2[nH]c2ccccc23)CCCCC1. The van der Waals surface area contributed by atoms with Crippen molar-refractivity contribution >= 4 is 21.8 Å². The first-order valence-corrected chi connectivity index (χ1v) is 10.1. The second-order valence-corrected chi connectivity index (χ2v) is 7.41. The highest BCUT2D eigenvalue weighted by molar-refractivity contribution is 6.07. The van der Waals surface area contributed by atoms with Gasteiger partial charge in [0.2, 0.25) is 0 Å². The van der Waals surface area contributed by atoms with E-state index in [0.717, 1.165) is 13.0 Å². The van der Waals surface area contributed by atoms with Gasteiger partial charge in [-0.15, -0.1) is 0 Å². The van der Waals surface area contributed by atoms with Crippen LogP contribution in [0.2, 0.25) is 0 Å². The largest absolute Gasteiger partial charge is 0.353 e. The molecule has 0 aliphatic carbocycles. The highest BCUT2D eigenvalue weighted by Gasteiger charge is 2.11. The van der Waals surface area contributed by atoms with Crippen molar-refractivity contribution in [1.29, 1.82) is 0 Å². The van der Waals surface area contributed by atoms with Crippen molar-refractivity contribution in [2.75, 3.05) is 19.6 Å². The molecule has 0 radical (unpaired) electrons. The number of hydrogen-bond acceptors (Lipinski definition) is 2. The first-order valence-electron chi connectivity index (χ1n) is 10.1. The van der Waals surface area contributed by atoms with Gasteiger partial charge in [-0.05, 0) is 57.3 Å². The Balaban J connectivity index is 1.48. The summed E-state index contributed by atoms with van der Waals surface area (Å²) in [6.45, 7) is 3.53. The van der Waals surface area contributed by atoms with E-state index in [-0.39, 0.29) is 0 Å². The average molecular weight is 348 g/mol. The zero-order valence-electron chi connectivity index (χ0n) is 15.6. The summed E-state index contributed by atoms with van der Waals surface area (Å²) in [6, 6.07) is 10.7. The Bertz CT molecular complexity index is 877. The number of H-pyrrole nitrogens is 1. The standard InChI is InChI=1S/C23H29N3/c1-2-4-6-10-17-26(16-9-5-3-1)18-14-22-23-20(13-15-24-22)19-11-7-8-12-21(19)25-23/h1,3,7-8,11-13,15,25H,2,4-6,9-10,14,16-18H2. The van der Waals surface area contributed by atoms with E-state index in [4.69, 9.17) is 4.98 Å². The van der Waals surface area contributed by atoms with Gasteiger partial charge in [-0.25, -0.2) is 0 Å². The Kier molecular flexibility index (Phi) is 5.65. The molecule has 1 aliphatic heterocycles. The van der Waals surface area contributed by atoms with E-state index in [2.05, 4.69) is 52.4 Å². The first kappa shape index (κ1) is 17.3. The van der Waals surface area contributed by atoms with Crippen LogP contribution in [-0.4, -0.2) is 34.5 Å². The number of para-hydroxylation sites is 1. The molecule has 26 heavy (non-hydrogen) atoms. The predicted molar refractivity (Wildman–Crippen MR) is 111 cm³/mol. The van der Waals surface area contributed by atoms with Gasteiger partial charge in [-0.2, -0.15) is 0 Å². The number of nitrogens with zero attached hydrogens (tertiary/aromatic N) is 2. The molecule has 0 fully saturated rings. The molecule has 0 atom stereocenters. The van der Waals surface area contributed by atoms with Crippen LogP contribution in [-0.2, 0) is 6.42 Å². The van der Waals surface area contributed by atoms with Gasteiger partial charge < -0.3 is 9.88 Å². The van der Waals surface area contributed by atoms with Gasteiger partial charge in [0, 0.05) is 35.5 Å². The van der Waals surface area contributed by atoms with E-state index in [1.807, 2.05) is 6.20 Å². The smallest absolute Gasteiger partial charge is 0.0684 e. The molecule has 0 unspecified atom stereocenters. The maximum atomic E-state index is 4.71.